The van der Waals surface area contributed by atoms with Gasteiger partial charge in [0.05, 0.1) is 0 Å². The first-order chi connectivity index (χ1) is 8.87. The van der Waals surface area contributed by atoms with Gasteiger partial charge in [-0.3, -0.25) is 4.79 Å². The third-order valence-corrected chi connectivity index (χ3v) is 3.10. The van der Waals surface area contributed by atoms with Crippen molar-refractivity contribution in [3.63, 3.8) is 0 Å². The fourth-order valence-electron chi connectivity index (χ4n) is 2.23. The van der Waals surface area contributed by atoms with E-state index in [9.17, 15) is 4.79 Å². The minimum atomic E-state index is 0.145. The fraction of sp³-hybridized carbons (Fsp3) is 0.588. The zero-order valence-electron chi connectivity index (χ0n) is 13.0. The van der Waals surface area contributed by atoms with E-state index in [-0.39, 0.29) is 11.3 Å². The van der Waals surface area contributed by atoms with E-state index in [1.807, 2.05) is 24.0 Å². The second kappa shape index (κ2) is 6.74. The predicted molar refractivity (Wildman–Crippen MR) is 81.5 cm³/mol. The van der Waals surface area contributed by atoms with Gasteiger partial charge in [-0.2, -0.15) is 0 Å². The van der Waals surface area contributed by atoms with E-state index in [1.165, 1.54) is 5.56 Å². The summed E-state index contributed by atoms with van der Waals surface area (Å²) >= 11 is 0. The van der Waals surface area contributed by atoms with E-state index in [0.29, 0.717) is 0 Å². The molecule has 2 heteroatoms. The van der Waals surface area contributed by atoms with Gasteiger partial charge >= 0.3 is 0 Å². The number of benzene rings is 1. The topological polar surface area (TPSA) is 20.3 Å². The van der Waals surface area contributed by atoms with Crippen LogP contribution in [0.3, 0.4) is 0 Å². The zero-order valence-corrected chi connectivity index (χ0v) is 13.0. The molecule has 0 radical (unpaired) electrons. The molecule has 19 heavy (non-hydrogen) atoms. The molecule has 0 saturated heterocycles. The normalized spacial score (nSPS) is 11.4. The van der Waals surface area contributed by atoms with Crippen molar-refractivity contribution in [1.29, 1.82) is 0 Å². The Morgan fingerprint density at radius 1 is 1.11 bits per heavy atom. The molecule has 0 N–H and O–H groups in total. The van der Waals surface area contributed by atoms with Crippen molar-refractivity contribution in [2.45, 2.75) is 47.5 Å². The summed E-state index contributed by atoms with van der Waals surface area (Å²) in [6.45, 7) is 12.4. The molecule has 0 aromatic heterocycles. The molecule has 1 amide bonds. The maximum Gasteiger partial charge on any atom is 0.253 e. The van der Waals surface area contributed by atoms with Gasteiger partial charge in [0.15, 0.2) is 0 Å². The third kappa shape index (κ3) is 5.06. The average Bonchev–Trinajstić information content (AvgIpc) is 2.34. The molecule has 0 aliphatic rings. The lowest BCUT2D eigenvalue weighted by atomic mass is 9.88. The number of carbonyl (C=O) groups excluding carboxylic acids is 1. The largest absolute Gasteiger partial charge is 0.339 e. The van der Waals surface area contributed by atoms with Crippen LogP contribution in [0.1, 0.15) is 57.0 Å². The zero-order chi connectivity index (χ0) is 14.5. The minimum Gasteiger partial charge on any atom is -0.339 e. The summed E-state index contributed by atoms with van der Waals surface area (Å²) in [5.41, 5.74) is 2.37. The van der Waals surface area contributed by atoms with Crippen LogP contribution in [-0.4, -0.2) is 23.9 Å². The van der Waals surface area contributed by atoms with Gasteiger partial charge in [0.1, 0.15) is 0 Å². The first kappa shape index (κ1) is 15.7. The molecule has 0 spiro atoms. The molecule has 0 heterocycles. The number of hydrogen-bond acceptors (Lipinski definition) is 1. The van der Waals surface area contributed by atoms with Crippen LogP contribution < -0.4 is 0 Å². The summed E-state index contributed by atoms with van der Waals surface area (Å²) in [7, 11) is 0. The van der Waals surface area contributed by atoms with Gasteiger partial charge in [0.2, 0.25) is 0 Å². The van der Waals surface area contributed by atoms with E-state index in [4.69, 9.17) is 0 Å². The Kier molecular flexibility index (Phi) is 5.59. The van der Waals surface area contributed by atoms with Gasteiger partial charge in [0, 0.05) is 18.7 Å². The molecule has 1 aromatic rings. The predicted octanol–water partition coefficient (Wildman–Crippen LogP) is 4.15. The van der Waals surface area contributed by atoms with Gasteiger partial charge in [-0.1, -0.05) is 39.8 Å². The molecule has 2 nitrogen and oxygen atoms in total. The smallest absolute Gasteiger partial charge is 0.253 e. The number of nitrogens with zero attached hydrogens (tertiary/aromatic N) is 1. The summed E-state index contributed by atoms with van der Waals surface area (Å²) in [5.74, 6) is 0.145. The SMILES string of the molecule is CCCN(CC)C(=O)c1ccc(CC(C)(C)C)cc1. The van der Waals surface area contributed by atoms with Crippen molar-refractivity contribution in [2.24, 2.45) is 5.41 Å². The summed E-state index contributed by atoms with van der Waals surface area (Å²) < 4.78 is 0. The van der Waals surface area contributed by atoms with Crippen molar-refractivity contribution in [1.82, 2.24) is 4.90 Å². The highest BCUT2D eigenvalue weighted by Crippen LogP contribution is 2.21. The average molecular weight is 261 g/mol. The molecule has 0 fully saturated rings. The summed E-state index contributed by atoms with van der Waals surface area (Å²) in [6.07, 6.45) is 2.04. The Labute approximate surface area is 117 Å². The van der Waals surface area contributed by atoms with Crippen LogP contribution in [0.15, 0.2) is 24.3 Å². The molecule has 0 aliphatic heterocycles. The Bertz CT molecular complexity index is 400. The van der Waals surface area contributed by atoms with Gasteiger partial charge in [-0.05, 0) is 42.9 Å². The van der Waals surface area contributed by atoms with Crippen LogP contribution in [0.5, 0.6) is 0 Å². The molecule has 1 aromatic carbocycles. The van der Waals surface area contributed by atoms with Crippen LogP contribution in [0.2, 0.25) is 0 Å². The third-order valence-electron chi connectivity index (χ3n) is 3.10. The van der Waals surface area contributed by atoms with E-state index in [0.717, 1.165) is 31.5 Å². The lowest BCUT2D eigenvalue weighted by Crippen LogP contribution is -2.31. The first-order valence-electron chi connectivity index (χ1n) is 7.25. The maximum atomic E-state index is 12.3. The highest BCUT2D eigenvalue weighted by molar-refractivity contribution is 5.94. The van der Waals surface area contributed by atoms with Crippen molar-refractivity contribution in [3.05, 3.63) is 35.4 Å². The van der Waals surface area contributed by atoms with Gasteiger partial charge < -0.3 is 4.90 Å². The minimum absolute atomic E-state index is 0.145. The molecule has 106 valence electrons. The van der Waals surface area contributed by atoms with E-state index < -0.39 is 0 Å². The van der Waals surface area contributed by atoms with Crippen molar-refractivity contribution < 1.29 is 4.79 Å². The van der Waals surface area contributed by atoms with Crippen molar-refractivity contribution in [3.8, 4) is 0 Å². The highest BCUT2D eigenvalue weighted by atomic mass is 16.2. The first-order valence-corrected chi connectivity index (χ1v) is 7.25. The molecule has 0 atom stereocenters. The molecule has 0 bridgehead atoms. The van der Waals surface area contributed by atoms with Gasteiger partial charge in [-0.15, -0.1) is 0 Å². The number of carbonyl (C=O) groups is 1. The molecular formula is C17H27NO. The lowest BCUT2D eigenvalue weighted by molar-refractivity contribution is 0.0764. The van der Waals surface area contributed by atoms with E-state index in [1.54, 1.807) is 0 Å². The maximum absolute atomic E-state index is 12.3. The van der Waals surface area contributed by atoms with Crippen molar-refractivity contribution in [2.75, 3.05) is 13.1 Å². The van der Waals surface area contributed by atoms with Crippen LogP contribution >= 0.6 is 0 Å². The Morgan fingerprint density at radius 3 is 2.11 bits per heavy atom. The number of amides is 1. The van der Waals surface area contributed by atoms with Crippen molar-refractivity contribution >= 4 is 5.91 Å². The molecule has 0 unspecified atom stereocenters. The Hall–Kier alpha value is -1.31. The summed E-state index contributed by atoms with van der Waals surface area (Å²) in [4.78, 5) is 14.2. The molecule has 0 saturated carbocycles. The lowest BCUT2D eigenvalue weighted by Gasteiger charge is -2.21. The highest BCUT2D eigenvalue weighted by Gasteiger charge is 2.14. The van der Waals surface area contributed by atoms with Gasteiger partial charge in [-0.25, -0.2) is 0 Å². The van der Waals surface area contributed by atoms with Crippen LogP contribution in [0.25, 0.3) is 0 Å². The second-order valence-electron chi connectivity index (χ2n) is 6.32. The van der Waals surface area contributed by atoms with Crippen LogP contribution in [-0.2, 0) is 6.42 Å². The second-order valence-corrected chi connectivity index (χ2v) is 6.32. The van der Waals surface area contributed by atoms with E-state index in [2.05, 4.69) is 39.8 Å². The Morgan fingerprint density at radius 2 is 1.68 bits per heavy atom. The fourth-order valence-corrected chi connectivity index (χ4v) is 2.23. The van der Waals surface area contributed by atoms with Crippen LogP contribution in [0, 0.1) is 5.41 Å². The Balaban J connectivity index is 2.78. The van der Waals surface area contributed by atoms with Gasteiger partial charge in [0.25, 0.3) is 5.91 Å². The monoisotopic (exact) mass is 261 g/mol. The number of rotatable bonds is 5. The summed E-state index contributed by atoms with van der Waals surface area (Å²) in [6, 6.07) is 8.08. The summed E-state index contributed by atoms with van der Waals surface area (Å²) in [5, 5.41) is 0. The van der Waals surface area contributed by atoms with E-state index >= 15 is 0 Å². The van der Waals surface area contributed by atoms with Crippen LogP contribution in [0.4, 0.5) is 0 Å². The molecule has 1 rings (SSSR count). The molecule has 0 aliphatic carbocycles. The quantitative estimate of drug-likeness (QED) is 0.780. The standard InChI is InChI=1S/C17H27NO/c1-6-12-18(7-2)16(19)15-10-8-14(9-11-15)13-17(3,4)5/h8-11H,6-7,12-13H2,1-5H3. The molecular weight excluding hydrogens is 234 g/mol. The number of hydrogen-bond donors (Lipinski definition) is 0.